The topological polar surface area (TPSA) is 73.6 Å². The predicted molar refractivity (Wildman–Crippen MR) is 103 cm³/mol. The smallest absolute Gasteiger partial charge is 0.224 e. The first-order chi connectivity index (χ1) is 12.7. The molecule has 1 unspecified atom stereocenters. The van der Waals surface area contributed by atoms with E-state index in [0.717, 1.165) is 30.7 Å². The number of rotatable bonds is 7. The third-order valence-corrected chi connectivity index (χ3v) is 4.54. The van der Waals surface area contributed by atoms with E-state index >= 15 is 0 Å². The number of nitrogens with one attached hydrogen (secondary N) is 1. The van der Waals surface area contributed by atoms with Crippen molar-refractivity contribution in [2.45, 2.75) is 38.2 Å². The van der Waals surface area contributed by atoms with Gasteiger partial charge in [0.25, 0.3) is 0 Å². The lowest BCUT2D eigenvalue weighted by Crippen LogP contribution is -2.26. The van der Waals surface area contributed by atoms with Crippen molar-refractivity contribution in [3.05, 3.63) is 54.1 Å². The quantitative estimate of drug-likeness (QED) is 0.742. The summed E-state index contributed by atoms with van der Waals surface area (Å²) in [5, 5.41) is 2.94. The molecule has 2 aromatic rings. The number of hydrogen-bond acceptors (Lipinski definition) is 4. The number of benzene rings is 2. The van der Waals surface area contributed by atoms with Gasteiger partial charge in [0.1, 0.15) is 12.4 Å². The van der Waals surface area contributed by atoms with Crippen LogP contribution in [0.3, 0.4) is 0 Å². The van der Waals surface area contributed by atoms with Crippen molar-refractivity contribution in [2.24, 2.45) is 0 Å². The van der Waals surface area contributed by atoms with Gasteiger partial charge in [-0.2, -0.15) is 0 Å². The normalized spacial score (nSPS) is 16.8. The number of nitrogen functional groups attached to an aromatic ring is 1. The van der Waals surface area contributed by atoms with E-state index in [0.29, 0.717) is 30.9 Å². The molecule has 1 fully saturated rings. The summed E-state index contributed by atoms with van der Waals surface area (Å²) < 4.78 is 11.6. The van der Waals surface area contributed by atoms with Gasteiger partial charge in [-0.3, -0.25) is 4.79 Å². The summed E-state index contributed by atoms with van der Waals surface area (Å²) in [6.07, 6.45) is 4.43. The molecule has 1 amide bonds. The van der Waals surface area contributed by atoms with E-state index < -0.39 is 0 Å². The van der Waals surface area contributed by atoms with Gasteiger partial charge in [-0.15, -0.1) is 0 Å². The Balaban J connectivity index is 1.53. The molecule has 26 heavy (non-hydrogen) atoms. The lowest BCUT2D eigenvalue weighted by Gasteiger charge is -2.23. The van der Waals surface area contributed by atoms with Crippen molar-refractivity contribution in [1.82, 2.24) is 0 Å². The Morgan fingerprint density at radius 1 is 1.15 bits per heavy atom. The van der Waals surface area contributed by atoms with Crippen LogP contribution < -0.4 is 15.8 Å². The molecule has 2 aromatic carbocycles. The third-order valence-electron chi connectivity index (χ3n) is 4.54. The average molecular weight is 354 g/mol. The molecular weight excluding hydrogens is 328 g/mol. The number of nitrogens with two attached hydrogens (primary N) is 1. The van der Waals surface area contributed by atoms with E-state index in [-0.39, 0.29) is 12.0 Å². The Labute approximate surface area is 154 Å². The predicted octanol–water partition coefficient (Wildman–Crippen LogP) is 3.79. The number of hydrogen-bond donors (Lipinski definition) is 2. The van der Waals surface area contributed by atoms with E-state index in [9.17, 15) is 4.79 Å². The molecule has 0 aromatic heterocycles. The number of anilines is 2. The molecule has 1 heterocycles. The molecule has 138 valence electrons. The molecule has 0 radical (unpaired) electrons. The van der Waals surface area contributed by atoms with Crippen LogP contribution >= 0.6 is 0 Å². The Morgan fingerprint density at radius 3 is 2.77 bits per heavy atom. The third kappa shape index (κ3) is 5.23. The highest BCUT2D eigenvalue weighted by Crippen LogP contribution is 2.25. The highest BCUT2D eigenvalue weighted by molar-refractivity contribution is 5.92. The summed E-state index contributed by atoms with van der Waals surface area (Å²) in [7, 11) is 0. The largest absolute Gasteiger partial charge is 0.489 e. The van der Waals surface area contributed by atoms with Crippen molar-refractivity contribution < 1.29 is 14.3 Å². The maximum absolute atomic E-state index is 12.3. The van der Waals surface area contributed by atoms with Gasteiger partial charge in [0.15, 0.2) is 0 Å². The zero-order chi connectivity index (χ0) is 18.2. The first-order valence-electron chi connectivity index (χ1n) is 9.19. The average Bonchev–Trinajstić information content (AvgIpc) is 2.67. The van der Waals surface area contributed by atoms with Crippen LogP contribution in [0.1, 0.15) is 31.2 Å². The first-order valence-corrected chi connectivity index (χ1v) is 9.19. The Hall–Kier alpha value is -2.53. The van der Waals surface area contributed by atoms with Gasteiger partial charge < -0.3 is 20.5 Å². The maximum Gasteiger partial charge on any atom is 0.224 e. The maximum atomic E-state index is 12.3. The standard InChI is InChI=1S/C21H26N2O3/c22-18-9-2-1-7-16(18)12-13-21(24)23-19-10-3-4-11-20(19)26-15-17-8-5-6-14-25-17/h1-4,7,9-11,17H,5-6,8,12-15,22H2,(H,23,24). The van der Waals surface area contributed by atoms with E-state index in [1.807, 2.05) is 48.5 Å². The van der Waals surface area contributed by atoms with Crippen LogP contribution in [0.5, 0.6) is 5.75 Å². The number of carbonyl (C=O) groups excluding carboxylic acids is 1. The van der Waals surface area contributed by atoms with Crippen LogP contribution in [0.25, 0.3) is 0 Å². The van der Waals surface area contributed by atoms with Crippen LogP contribution in [0.2, 0.25) is 0 Å². The van der Waals surface area contributed by atoms with E-state index in [1.165, 1.54) is 6.42 Å². The second kappa shape index (κ2) is 9.25. The number of carbonyl (C=O) groups is 1. The summed E-state index contributed by atoms with van der Waals surface area (Å²) in [5.74, 6) is 0.618. The molecule has 0 spiro atoms. The van der Waals surface area contributed by atoms with E-state index in [4.69, 9.17) is 15.2 Å². The molecule has 1 saturated heterocycles. The fourth-order valence-corrected chi connectivity index (χ4v) is 3.04. The van der Waals surface area contributed by atoms with Crippen molar-refractivity contribution in [2.75, 3.05) is 24.3 Å². The van der Waals surface area contributed by atoms with Crippen molar-refractivity contribution in [3.63, 3.8) is 0 Å². The SMILES string of the molecule is Nc1ccccc1CCC(=O)Nc1ccccc1OCC1CCCCO1. The molecule has 5 heteroatoms. The fourth-order valence-electron chi connectivity index (χ4n) is 3.04. The molecule has 0 bridgehead atoms. The molecule has 1 aliphatic heterocycles. The Bertz CT molecular complexity index is 727. The summed E-state index contributed by atoms with van der Waals surface area (Å²) >= 11 is 0. The minimum atomic E-state index is -0.0572. The van der Waals surface area contributed by atoms with Gasteiger partial charge in [0, 0.05) is 18.7 Å². The molecule has 5 nitrogen and oxygen atoms in total. The van der Waals surface area contributed by atoms with Crippen molar-refractivity contribution in [3.8, 4) is 5.75 Å². The molecule has 1 atom stereocenters. The Kier molecular flexibility index (Phi) is 6.50. The minimum Gasteiger partial charge on any atom is -0.489 e. The van der Waals surface area contributed by atoms with Gasteiger partial charge in [0.05, 0.1) is 11.8 Å². The first kappa shape index (κ1) is 18.3. The fraction of sp³-hybridized carbons (Fsp3) is 0.381. The Morgan fingerprint density at radius 2 is 1.96 bits per heavy atom. The number of aryl methyl sites for hydroxylation is 1. The van der Waals surface area contributed by atoms with Crippen molar-refractivity contribution in [1.29, 1.82) is 0 Å². The second-order valence-corrected chi connectivity index (χ2v) is 6.54. The molecule has 0 saturated carbocycles. The summed E-state index contributed by atoms with van der Waals surface area (Å²) in [4.78, 5) is 12.3. The molecule has 1 aliphatic rings. The zero-order valence-electron chi connectivity index (χ0n) is 14.9. The monoisotopic (exact) mass is 354 g/mol. The van der Waals surface area contributed by atoms with Crippen molar-refractivity contribution >= 4 is 17.3 Å². The van der Waals surface area contributed by atoms with Crippen LogP contribution in [0.15, 0.2) is 48.5 Å². The summed E-state index contributed by atoms with van der Waals surface area (Å²) in [6.45, 7) is 1.31. The minimum absolute atomic E-state index is 0.0572. The summed E-state index contributed by atoms with van der Waals surface area (Å²) in [6, 6.07) is 15.1. The molecule has 3 rings (SSSR count). The lowest BCUT2D eigenvalue weighted by atomic mass is 10.1. The van der Waals surface area contributed by atoms with Gasteiger partial charge >= 0.3 is 0 Å². The van der Waals surface area contributed by atoms with E-state index in [1.54, 1.807) is 0 Å². The number of ether oxygens (including phenoxy) is 2. The van der Waals surface area contributed by atoms with Crippen LogP contribution in [0, 0.1) is 0 Å². The van der Waals surface area contributed by atoms with Gasteiger partial charge in [-0.25, -0.2) is 0 Å². The highest BCUT2D eigenvalue weighted by atomic mass is 16.5. The highest BCUT2D eigenvalue weighted by Gasteiger charge is 2.16. The second-order valence-electron chi connectivity index (χ2n) is 6.54. The van der Waals surface area contributed by atoms with Crippen LogP contribution in [0.4, 0.5) is 11.4 Å². The lowest BCUT2D eigenvalue weighted by molar-refractivity contribution is -0.116. The van der Waals surface area contributed by atoms with Gasteiger partial charge in [-0.05, 0) is 49.4 Å². The molecular formula is C21H26N2O3. The zero-order valence-corrected chi connectivity index (χ0v) is 14.9. The summed E-state index contributed by atoms with van der Waals surface area (Å²) in [5.41, 5.74) is 8.33. The number of amides is 1. The van der Waals surface area contributed by atoms with E-state index in [2.05, 4.69) is 5.32 Å². The van der Waals surface area contributed by atoms with Crippen LogP contribution in [-0.4, -0.2) is 25.2 Å². The van der Waals surface area contributed by atoms with Gasteiger partial charge in [0.2, 0.25) is 5.91 Å². The molecule has 3 N–H and O–H groups in total. The van der Waals surface area contributed by atoms with Crippen LogP contribution in [-0.2, 0) is 16.0 Å². The van der Waals surface area contributed by atoms with Gasteiger partial charge in [-0.1, -0.05) is 30.3 Å². The molecule has 0 aliphatic carbocycles. The number of para-hydroxylation sites is 3.